The first kappa shape index (κ1) is 8.24. The van der Waals surface area contributed by atoms with Crippen molar-refractivity contribution in [1.82, 2.24) is 10.3 Å². The molecule has 0 saturated carbocycles. The Morgan fingerprint density at radius 3 is 2.45 bits per heavy atom. The zero-order valence-electron chi connectivity index (χ0n) is 7.68. The maximum Gasteiger partial charge on any atom is 0.164 e. The molecule has 0 atom stereocenters. The van der Waals surface area contributed by atoms with E-state index in [4.69, 9.17) is 0 Å². The van der Waals surface area contributed by atoms with Gasteiger partial charge in [-0.15, -0.1) is 9.78 Å². The molecule has 0 fully saturated rings. The molecule has 62 valence electrons. The average Bonchev–Trinajstić information content (AvgIpc) is 2.32. The Morgan fingerprint density at radius 1 is 1.55 bits per heavy atom. The van der Waals surface area contributed by atoms with Crippen molar-refractivity contribution in [3.05, 3.63) is 11.9 Å². The third-order valence-electron chi connectivity index (χ3n) is 1.65. The smallest absolute Gasteiger partial charge is 0.148 e. The molecule has 1 aromatic rings. The van der Waals surface area contributed by atoms with E-state index >= 15 is 0 Å². The van der Waals surface area contributed by atoms with E-state index in [9.17, 15) is 0 Å². The maximum atomic E-state index is 4.15. The first-order chi connectivity index (χ1) is 5.04. The molecule has 0 aromatic carbocycles. The Kier molecular flexibility index (Phi) is 1.98. The van der Waals surface area contributed by atoms with E-state index in [1.807, 2.05) is 4.68 Å². The Bertz CT molecular complexity index is 232. The highest BCUT2D eigenvalue weighted by Gasteiger charge is 2.20. The zero-order valence-corrected chi connectivity index (χ0v) is 7.68. The molecule has 0 spiro atoms. The number of nitrogens with one attached hydrogen (secondary N) is 1. The Morgan fingerprint density at radius 2 is 2.18 bits per heavy atom. The minimum atomic E-state index is 0.0872. The minimum Gasteiger partial charge on any atom is -0.148 e. The first-order valence-corrected chi connectivity index (χ1v) is 4.00. The zero-order chi connectivity index (χ0) is 8.48. The molecule has 0 radical (unpaired) electrons. The van der Waals surface area contributed by atoms with Crippen molar-refractivity contribution in [3.63, 3.8) is 0 Å². The van der Waals surface area contributed by atoms with Gasteiger partial charge in [0.1, 0.15) is 5.54 Å². The fraction of sp³-hybridized carbons (Fsp3) is 0.750. The summed E-state index contributed by atoms with van der Waals surface area (Å²) in [6.07, 6.45) is 3.07. The highest BCUT2D eigenvalue weighted by molar-refractivity contribution is 4.85. The summed E-state index contributed by atoms with van der Waals surface area (Å²) in [5.41, 5.74) is 1.27. The van der Waals surface area contributed by atoms with Crippen LogP contribution in [0.25, 0.3) is 0 Å². The molecule has 0 aliphatic rings. The van der Waals surface area contributed by atoms with Crippen LogP contribution in [0.15, 0.2) is 6.20 Å². The largest absolute Gasteiger partial charge is 0.164 e. The number of rotatable bonds is 1. The molecule has 3 nitrogen and oxygen atoms in total. The van der Waals surface area contributed by atoms with Crippen molar-refractivity contribution in [2.24, 2.45) is 0 Å². The number of hydrogen-bond donors (Lipinski definition) is 1. The first-order valence-electron chi connectivity index (χ1n) is 4.00. The van der Waals surface area contributed by atoms with Crippen LogP contribution in [0.4, 0.5) is 0 Å². The molecule has 1 rings (SSSR count). The number of nitrogens with zero attached hydrogens (tertiary/aromatic N) is 2. The lowest BCUT2D eigenvalue weighted by Gasteiger charge is -2.10. The SMILES string of the molecule is CCc1c[n+](C(C)(C)C)n[nH]1. The molecule has 0 saturated heterocycles. The van der Waals surface area contributed by atoms with E-state index in [1.54, 1.807) is 0 Å². The standard InChI is InChI=1S/C8H15N3/c1-5-7-6-11(10-9-7)8(2,3)4/h6H,5H2,1-4H3/p+1. The Hall–Kier alpha value is -0.860. The summed E-state index contributed by atoms with van der Waals surface area (Å²) in [5, 5.41) is 7.12. The third kappa shape index (κ3) is 1.79. The van der Waals surface area contributed by atoms with E-state index in [2.05, 4.69) is 44.2 Å². The molecule has 0 unspecified atom stereocenters. The van der Waals surface area contributed by atoms with Crippen LogP contribution in [0.3, 0.4) is 0 Å². The van der Waals surface area contributed by atoms with Crippen LogP contribution >= 0.6 is 0 Å². The number of aromatic nitrogens is 3. The highest BCUT2D eigenvalue weighted by Crippen LogP contribution is 2.01. The van der Waals surface area contributed by atoms with Crippen LogP contribution in [-0.2, 0) is 12.0 Å². The second-order valence-corrected chi connectivity index (χ2v) is 3.74. The van der Waals surface area contributed by atoms with Crippen LogP contribution in [0.2, 0.25) is 0 Å². The van der Waals surface area contributed by atoms with Gasteiger partial charge in [-0.1, -0.05) is 6.92 Å². The summed E-state index contributed by atoms with van der Waals surface area (Å²) >= 11 is 0. The van der Waals surface area contributed by atoms with E-state index in [-0.39, 0.29) is 5.54 Å². The molecule has 0 aliphatic carbocycles. The van der Waals surface area contributed by atoms with E-state index < -0.39 is 0 Å². The summed E-state index contributed by atoms with van der Waals surface area (Å²) in [7, 11) is 0. The molecule has 1 aromatic heterocycles. The predicted molar refractivity (Wildman–Crippen MR) is 43.2 cm³/mol. The maximum absolute atomic E-state index is 4.15. The van der Waals surface area contributed by atoms with Gasteiger partial charge in [0.05, 0.1) is 5.21 Å². The van der Waals surface area contributed by atoms with Gasteiger partial charge in [-0.2, -0.15) is 0 Å². The summed E-state index contributed by atoms with van der Waals surface area (Å²) < 4.78 is 1.95. The fourth-order valence-corrected chi connectivity index (χ4v) is 0.837. The second-order valence-electron chi connectivity index (χ2n) is 3.74. The van der Waals surface area contributed by atoms with Crippen LogP contribution in [0.1, 0.15) is 33.4 Å². The topological polar surface area (TPSA) is 32.6 Å². The van der Waals surface area contributed by atoms with Crippen molar-refractivity contribution in [3.8, 4) is 0 Å². The van der Waals surface area contributed by atoms with Gasteiger partial charge in [-0.05, 0) is 20.8 Å². The van der Waals surface area contributed by atoms with Crippen LogP contribution in [-0.4, -0.2) is 10.3 Å². The van der Waals surface area contributed by atoms with Crippen molar-refractivity contribution >= 4 is 0 Å². The lowest BCUT2D eigenvalue weighted by atomic mass is 10.1. The van der Waals surface area contributed by atoms with Crippen molar-refractivity contribution in [1.29, 1.82) is 0 Å². The molecule has 0 bridgehead atoms. The summed E-state index contributed by atoms with van der Waals surface area (Å²) in [6.45, 7) is 8.51. The van der Waals surface area contributed by atoms with Gasteiger partial charge in [0.25, 0.3) is 0 Å². The minimum absolute atomic E-state index is 0.0872. The van der Waals surface area contributed by atoms with Gasteiger partial charge >= 0.3 is 0 Å². The summed E-state index contributed by atoms with van der Waals surface area (Å²) in [4.78, 5) is 0. The lowest BCUT2D eigenvalue weighted by Crippen LogP contribution is -2.51. The number of H-pyrrole nitrogens is 1. The summed E-state index contributed by atoms with van der Waals surface area (Å²) in [5.74, 6) is 0. The monoisotopic (exact) mass is 154 g/mol. The van der Waals surface area contributed by atoms with E-state index in [1.165, 1.54) is 5.69 Å². The van der Waals surface area contributed by atoms with E-state index in [0.29, 0.717) is 0 Å². The van der Waals surface area contributed by atoms with Gasteiger partial charge in [0, 0.05) is 6.42 Å². The molecule has 3 heteroatoms. The fourth-order valence-electron chi connectivity index (χ4n) is 0.837. The van der Waals surface area contributed by atoms with Gasteiger partial charge in [-0.25, -0.2) is 0 Å². The van der Waals surface area contributed by atoms with Gasteiger partial charge in [0.2, 0.25) is 0 Å². The number of aryl methyl sites for hydroxylation is 1. The normalized spacial score (nSPS) is 12.0. The molecule has 0 aliphatic heterocycles. The summed E-state index contributed by atoms with van der Waals surface area (Å²) in [6, 6.07) is 0. The van der Waals surface area contributed by atoms with Crippen molar-refractivity contribution < 1.29 is 4.68 Å². The number of hydrogen-bond acceptors (Lipinski definition) is 1. The lowest BCUT2D eigenvalue weighted by molar-refractivity contribution is -0.805. The van der Waals surface area contributed by atoms with Gasteiger partial charge in [0.15, 0.2) is 11.9 Å². The van der Waals surface area contributed by atoms with Crippen LogP contribution in [0.5, 0.6) is 0 Å². The number of aromatic amines is 1. The Labute approximate surface area is 67.4 Å². The quantitative estimate of drug-likeness (QED) is 0.602. The van der Waals surface area contributed by atoms with Gasteiger partial charge in [-0.3, -0.25) is 0 Å². The second kappa shape index (κ2) is 2.64. The highest BCUT2D eigenvalue weighted by atomic mass is 15.4. The molecular formula is C8H16N3+. The molecule has 1 heterocycles. The van der Waals surface area contributed by atoms with Crippen LogP contribution < -0.4 is 4.68 Å². The molecule has 1 N–H and O–H groups in total. The molecular weight excluding hydrogens is 138 g/mol. The predicted octanol–water partition coefficient (Wildman–Crippen LogP) is 1.01. The van der Waals surface area contributed by atoms with Crippen molar-refractivity contribution in [2.75, 3.05) is 0 Å². The van der Waals surface area contributed by atoms with Crippen molar-refractivity contribution in [2.45, 2.75) is 39.7 Å². The van der Waals surface area contributed by atoms with Crippen LogP contribution in [0, 0.1) is 0 Å². The third-order valence-corrected chi connectivity index (χ3v) is 1.65. The van der Waals surface area contributed by atoms with Gasteiger partial charge < -0.3 is 0 Å². The van der Waals surface area contributed by atoms with E-state index in [0.717, 1.165) is 6.42 Å². The average molecular weight is 154 g/mol. The molecule has 0 amide bonds. The Balaban J connectivity index is 2.89. The molecule has 11 heavy (non-hydrogen) atoms.